The van der Waals surface area contributed by atoms with Gasteiger partial charge in [0.25, 0.3) is 0 Å². The largest absolute Gasteiger partial charge is 0.313 e. The fourth-order valence-electron chi connectivity index (χ4n) is 2.21. The maximum Gasteiger partial charge on any atom is 0.245 e. The zero-order valence-electron chi connectivity index (χ0n) is 10.6. The lowest BCUT2D eigenvalue weighted by Gasteiger charge is -2.22. The van der Waals surface area contributed by atoms with E-state index >= 15 is 0 Å². The quantitative estimate of drug-likeness (QED) is 0.925. The molecule has 1 fully saturated rings. The van der Waals surface area contributed by atoms with Crippen molar-refractivity contribution in [2.45, 2.75) is 23.8 Å². The Morgan fingerprint density at radius 1 is 1.37 bits per heavy atom. The van der Waals surface area contributed by atoms with Crippen molar-refractivity contribution in [3.63, 3.8) is 0 Å². The molecular weight excluding hydrogens is 307 g/mol. The van der Waals surface area contributed by atoms with Gasteiger partial charge < -0.3 is 5.32 Å². The van der Waals surface area contributed by atoms with Gasteiger partial charge in [0, 0.05) is 19.6 Å². The predicted molar refractivity (Wildman–Crippen MR) is 77.3 cm³/mol. The molecule has 2 rings (SSSR count). The summed E-state index contributed by atoms with van der Waals surface area (Å²) in [4.78, 5) is -0.0150. The highest BCUT2D eigenvalue weighted by atomic mass is 35.5. The van der Waals surface area contributed by atoms with Gasteiger partial charge in [-0.05, 0) is 31.5 Å². The number of likely N-dealkylation sites (N-methyl/N-ethyl adjacent to an activating group) is 1. The van der Waals surface area contributed by atoms with Crippen molar-refractivity contribution in [2.75, 3.05) is 20.1 Å². The number of halogens is 2. The van der Waals surface area contributed by atoms with Crippen LogP contribution in [0, 0.1) is 0 Å². The summed E-state index contributed by atoms with van der Waals surface area (Å²) >= 11 is 11.9. The molecule has 0 aromatic heterocycles. The molecule has 0 amide bonds. The minimum atomic E-state index is -3.66. The molecule has 1 aromatic rings. The summed E-state index contributed by atoms with van der Waals surface area (Å²) in [5.74, 6) is 0. The molecule has 7 heteroatoms. The molecule has 1 N–H and O–H groups in total. The van der Waals surface area contributed by atoms with Gasteiger partial charge in [0.1, 0.15) is 4.90 Å². The molecule has 1 aliphatic heterocycles. The Labute approximate surface area is 123 Å². The third kappa shape index (κ3) is 3.23. The molecule has 1 heterocycles. The molecule has 4 nitrogen and oxygen atoms in total. The Morgan fingerprint density at radius 3 is 2.53 bits per heavy atom. The standard InChI is InChI=1S/C12H16Cl2N2O2S/c1-16(8-9-4-3-7-15-9)19(17,18)12-10(13)5-2-6-11(12)14/h2,5-6,9,15H,3-4,7-8H2,1H3. The molecule has 1 aromatic carbocycles. The van der Waals surface area contributed by atoms with Crippen LogP contribution in [0.15, 0.2) is 23.1 Å². The zero-order chi connectivity index (χ0) is 14.0. The second-order valence-corrected chi connectivity index (χ2v) is 7.43. The average Bonchev–Trinajstić information content (AvgIpc) is 2.81. The second kappa shape index (κ2) is 5.97. The summed E-state index contributed by atoms with van der Waals surface area (Å²) in [7, 11) is -2.11. The molecule has 1 atom stereocenters. The van der Waals surface area contributed by atoms with Crippen LogP contribution in [0.1, 0.15) is 12.8 Å². The maximum atomic E-state index is 12.5. The number of benzene rings is 1. The van der Waals surface area contributed by atoms with Crippen molar-refractivity contribution >= 4 is 33.2 Å². The van der Waals surface area contributed by atoms with Crippen molar-refractivity contribution in [2.24, 2.45) is 0 Å². The Kier molecular flexibility index (Phi) is 4.74. The molecule has 1 unspecified atom stereocenters. The van der Waals surface area contributed by atoms with Gasteiger partial charge in [0.05, 0.1) is 10.0 Å². The molecule has 0 bridgehead atoms. The van der Waals surface area contributed by atoms with Crippen LogP contribution in [0.3, 0.4) is 0 Å². The lowest BCUT2D eigenvalue weighted by molar-refractivity contribution is 0.417. The number of nitrogens with zero attached hydrogens (tertiary/aromatic N) is 1. The number of sulfonamides is 1. The first-order valence-electron chi connectivity index (χ1n) is 6.06. The van der Waals surface area contributed by atoms with Crippen LogP contribution >= 0.6 is 23.2 Å². The minimum Gasteiger partial charge on any atom is -0.313 e. The summed E-state index contributed by atoms with van der Waals surface area (Å²) < 4.78 is 26.3. The molecule has 0 saturated carbocycles. The summed E-state index contributed by atoms with van der Waals surface area (Å²) in [6.07, 6.45) is 2.06. The van der Waals surface area contributed by atoms with E-state index in [1.54, 1.807) is 13.1 Å². The van der Waals surface area contributed by atoms with Gasteiger partial charge in [0.15, 0.2) is 0 Å². The Hall–Kier alpha value is -0.330. The number of nitrogens with one attached hydrogen (secondary N) is 1. The third-order valence-corrected chi connectivity index (χ3v) is 6.01. The first kappa shape index (κ1) is 15.1. The monoisotopic (exact) mass is 322 g/mol. The SMILES string of the molecule is CN(CC1CCCN1)S(=O)(=O)c1c(Cl)cccc1Cl. The molecule has 0 spiro atoms. The molecule has 0 aliphatic carbocycles. The highest BCUT2D eigenvalue weighted by Crippen LogP contribution is 2.31. The van der Waals surface area contributed by atoms with Crippen LogP contribution in [-0.4, -0.2) is 38.9 Å². The van der Waals surface area contributed by atoms with Gasteiger partial charge in [-0.3, -0.25) is 0 Å². The lowest BCUT2D eigenvalue weighted by atomic mass is 10.2. The van der Waals surface area contributed by atoms with E-state index in [0.29, 0.717) is 6.54 Å². The van der Waals surface area contributed by atoms with Gasteiger partial charge in [-0.1, -0.05) is 29.3 Å². The van der Waals surface area contributed by atoms with E-state index in [4.69, 9.17) is 23.2 Å². The maximum absolute atomic E-state index is 12.5. The number of hydrogen-bond donors (Lipinski definition) is 1. The highest BCUT2D eigenvalue weighted by Gasteiger charge is 2.28. The van der Waals surface area contributed by atoms with E-state index in [1.165, 1.54) is 16.4 Å². The van der Waals surface area contributed by atoms with Crippen LogP contribution in [-0.2, 0) is 10.0 Å². The summed E-state index contributed by atoms with van der Waals surface area (Å²) in [6.45, 7) is 1.36. The summed E-state index contributed by atoms with van der Waals surface area (Å²) in [5.41, 5.74) is 0. The van der Waals surface area contributed by atoms with Crippen molar-refractivity contribution in [3.05, 3.63) is 28.2 Å². The summed E-state index contributed by atoms with van der Waals surface area (Å²) in [6, 6.07) is 4.88. The van der Waals surface area contributed by atoms with Crippen LogP contribution in [0.5, 0.6) is 0 Å². The normalized spacial score (nSPS) is 20.1. The van der Waals surface area contributed by atoms with E-state index in [1.807, 2.05) is 0 Å². The Bertz CT molecular complexity index is 537. The van der Waals surface area contributed by atoms with E-state index in [9.17, 15) is 8.42 Å². The van der Waals surface area contributed by atoms with Crippen LogP contribution in [0.25, 0.3) is 0 Å². The smallest absolute Gasteiger partial charge is 0.245 e. The van der Waals surface area contributed by atoms with Crippen LogP contribution < -0.4 is 5.32 Å². The Balaban J connectivity index is 2.26. The molecule has 19 heavy (non-hydrogen) atoms. The van der Waals surface area contributed by atoms with Gasteiger partial charge >= 0.3 is 0 Å². The lowest BCUT2D eigenvalue weighted by Crippen LogP contribution is -2.38. The molecule has 0 radical (unpaired) electrons. The van der Waals surface area contributed by atoms with E-state index in [0.717, 1.165) is 19.4 Å². The van der Waals surface area contributed by atoms with Crippen molar-refractivity contribution in [3.8, 4) is 0 Å². The average molecular weight is 323 g/mol. The first-order chi connectivity index (χ1) is 8.93. The molecule has 1 aliphatic rings. The first-order valence-corrected chi connectivity index (χ1v) is 8.26. The summed E-state index contributed by atoms with van der Waals surface area (Å²) in [5, 5.41) is 3.57. The number of rotatable bonds is 4. The van der Waals surface area contributed by atoms with Crippen molar-refractivity contribution in [1.29, 1.82) is 0 Å². The fourth-order valence-corrected chi connectivity index (χ4v) is 4.51. The molecule has 106 valence electrons. The second-order valence-electron chi connectivity index (χ2n) is 4.63. The number of hydrogen-bond acceptors (Lipinski definition) is 3. The van der Waals surface area contributed by atoms with E-state index in [-0.39, 0.29) is 21.0 Å². The minimum absolute atomic E-state index is 0.0150. The van der Waals surface area contributed by atoms with Gasteiger partial charge in [-0.15, -0.1) is 0 Å². The van der Waals surface area contributed by atoms with Gasteiger partial charge in [-0.2, -0.15) is 4.31 Å². The van der Waals surface area contributed by atoms with E-state index in [2.05, 4.69) is 5.32 Å². The fraction of sp³-hybridized carbons (Fsp3) is 0.500. The van der Waals surface area contributed by atoms with Crippen molar-refractivity contribution < 1.29 is 8.42 Å². The van der Waals surface area contributed by atoms with E-state index < -0.39 is 10.0 Å². The topological polar surface area (TPSA) is 49.4 Å². The third-order valence-electron chi connectivity index (χ3n) is 3.23. The van der Waals surface area contributed by atoms with Crippen LogP contribution in [0.2, 0.25) is 10.0 Å². The van der Waals surface area contributed by atoms with Gasteiger partial charge in [0.2, 0.25) is 10.0 Å². The van der Waals surface area contributed by atoms with Crippen LogP contribution in [0.4, 0.5) is 0 Å². The highest BCUT2D eigenvalue weighted by molar-refractivity contribution is 7.89. The van der Waals surface area contributed by atoms with Crippen molar-refractivity contribution in [1.82, 2.24) is 9.62 Å². The molecule has 1 saturated heterocycles. The molecular formula is C12H16Cl2N2O2S. The van der Waals surface area contributed by atoms with Gasteiger partial charge in [-0.25, -0.2) is 8.42 Å². The Morgan fingerprint density at radius 2 is 2.00 bits per heavy atom. The predicted octanol–water partition coefficient (Wildman–Crippen LogP) is 2.37. The zero-order valence-corrected chi connectivity index (χ0v) is 12.9.